The van der Waals surface area contributed by atoms with Crippen LogP contribution in [0, 0.1) is 30.1 Å². The van der Waals surface area contributed by atoms with Crippen molar-refractivity contribution in [3.05, 3.63) is 34.9 Å². The van der Waals surface area contributed by atoms with Gasteiger partial charge in [0.15, 0.2) is 0 Å². The van der Waals surface area contributed by atoms with Crippen LogP contribution in [0.15, 0.2) is 18.2 Å². The highest BCUT2D eigenvalue weighted by molar-refractivity contribution is 5.37. The third-order valence-corrected chi connectivity index (χ3v) is 4.76. The number of hydrogen-bond acceptors (Lipinski definition) is 3. The van der Waals surface area contributed by atoms with E-state index in [1.807, 2.05) is 12.1 Å². The number of aliphatic hydroxyl groups is 1. The van der Waals surface area contributed by atoms with Crippen molar-refractivity contribution in [3.8, 4) is 6.07 Å². The van der Waals surface area contributed by atoms with Gasteiger partial charge in [0.2, 0.25) is 0 Å². The molecule has 3 unspecified atom stereocenters. The lowest BCUT2D eigenvalue weighted by Crippen LogP contribution is -2.24. The van der Waals surface area contributed by atoms with E-state index in [9.17, 15) is 5.11 Å². The monoisotopic (exact) mass is 256 g/mol. The van der Waals surface area contributed by atoms with E-state index >= 15 is 0 Å². The third kappa shape index (κ3) is 2.39. The van der Waals surface area contributed by atoms with Gasteiger partial charge in [0.1, 0.15) is 0 Å². The first-order chi connectivity index (χ1) is 9.17. The van der Waals surface area contributed by atoms with Crippen molar-refractivity contribution < 1.29 is 5.11 Å². The second kappa shape index (κ2) is 4.96. The van der Waals surface area contributed by atoms with Gasteiger partial charge in [0.05, 0.1) is 17.7 Å². The van der Waals surface area contributed by atoms with Crippen molar-refractivity contribution >= 4 is 0 Å². The highest BCUT2D eigenvalue weighted by Crippen LogP contribution is 2.38. The lowest BCUT2D eigenvalue weighted by Gasteiger charge is -2.19. The van der Waals surface area contributed by atoms with Crippen molar-refractivity contribution in [1.82, 2.24) is 4.90 Å². The first-order valence-electron chi connectivity index (χ1n) is 7.07. The van der Waals surface area contributed by atoms with Crippen molar-refractivity contribution in [2.75, 3.05) is 13.1 Å². The lowest BCUT2D eigenvalue weighted by molar-refractivity contribution is 0.123. The molecule has 1 aromatic rings. The SMILES string of the molecule is Cc1cc(C#N)ccc1CN1CC2CCC(O)C2C1. The Morgan fingerprint density at radius 3 is 2.89 bits per heavy atom. The molecule has 3 rings (SSSR count). The van der Waals surface area contributed by atoms with Crippen LogP contribution in [0.1, 0.15) is 29.5 Å². The van der Waals surface area contributed by atoms with E-state index in [0.717, 1.165) is 31.6 Å². The van der Waals surface area contributed by atoms with Gasteiger partial charge in [-0.1, -0.05) is 6.07 Å². The number of fused-ring (bicyclic) bond motifs is 1. The Kier molecular flexibility index (Phi) is 3.30. The topological polar surface area (TPSA) is 47.3 Å². The van der Waals surface area contributed by atoms with E-state index in [-0.39, 0.29) is 6.10 Å². The van der Waals surface area contributed by atoms with E-state index in [4.69, 9.17) is 5.26 Å². The average Bonchev–Trinajstić information content (AvgIpc) is 2.94. The molecule has 100 valence electrons. The smallest absolute Gasteiger partial charge is 0.0991 e. The Hall–Kier alpha value is -1.37. The van der Waals surface area contributed by atoms with Gasteiger partial charge in [0.25, 0.3) is 0 Å². The summed E-state index contributed by atoms with van der Waals surface area (Å²) in [6, 6.07) is 8.10. The van der Waals surface area contributed by atoms with E-state index in [1.165, 1.54) is 17.5 Å². The van der Waals surface area contributed by atoms with E-state index < -0.39 is 0 Å². The number of hydrogen-bond donors (Lipinski definition) is 1. The second-order valence-electron chi connectivity index (χ2n) is 6.02. The molecule has 0 spiro atoms. The molecule has 1 aliphatic heterocycles. The van der Waals surface area contributed by atoms with Gasteiger partial charge >= 0.3 is 0 Å². The molecular weight excluding hydrogens is 236 g/mol. The molecule has 1 aromatic carbocycles. The van der Waals surface area contributed by atoms with Crippen LogP contribution < -0.4 is 0 Å². The zero-order chi connectivity index (χ0) is 13.4. The molecule has 1 saturated carbocycles. The molecule has 3 nitrogen and oxygen atoms in total. The first kappa shape index (κ1) is 12.7. The summed E-state index contributed by atoms with van der Waals surface area (Å²) in [5.74, 6) is 1.17. The van der Waals surface area contributed by atoms with Crippen LogP contribution in [0.5, 0.6) is 0 Å². The maximum atomic E-state index is 9.94. The molecule has 3 heteroatoms. The number of nitrogens with zero attached hydrogens (tertiary/aromatic N) is 2. The molecule has 0 bridgehead atoms. The van der Waals surface area contributed by atoms with Crippen molar-refractivity contribution in [3.63, 3.8) is 0 Å². The lowest BCUT2D eigenvalue weighted by atomic mass is 10.00. The Morgan fingerprint density at radius 1 is 1.37 bits per heavy atom. The van der Waals surface area contributed by atoms with Crippen molar-refractivity contribution in [1.29, 1.82) is 5.26 Å². The Bertz CT molecular complexity index is 520. The van der Waals surface area contributed by atoms with Gasteiger partial charge in [-0.2, -0.15) is 5.26 Å². The predicted molar refractivity (Wildman–Crippen MR) is 73.4 cm³/mol. The minimum atomic E-state index is -0.0861. The molecule has 0 aromatic heterocycles. The van der Waals surface area contributed by atoms with Crippen molar-refractivity contribution in [2.45, 2.75) is 32.4 Å². The molecular formula is C16H20N2O. The molecule has 1 aliphatic carbocycles. The maximum absolute atomic E-state index is 9.94. The zero-order valence-electron chi connectivity index (χ0n) is 11.3. The normalized spacial score (nSPS) is 30.3. The largest absolute Gasteiger partial charge is 0.393 e. The maximum Gasteiger partial charge on any atom is 0.0991 e. The van der Waals surface area contributed by atoms with E-state index in [2.05, 4.69) is 24.0 Å². The first-order valence-corrected chi connectivity index (χ1v) is 7.07. The van der Waals surface area contributed by atoms with Gasteiger partial charge < -0.3 is 5.11 Å². The number of rotatable bonds is 2. The van der Waals surface area contributed by atoms with Gasteiger partial charge in [-0.05, 0) is 48.9 Å². The molecule has 2 fully saturated rings. The molecule has 1 saturated heterocycles. The molecule has 19 heavy (non-hydrogen) atoms. The van der Waals surface area contributed by atoms with Gasteiger partial charge in [0, 0.05) is 25.6 Å². The summed E-state index contributed by atoms with van der Waals surface area (Å²) in [5, 5.41) is 18.8. The summed E-state index contributed by atoms with van der Waals surface area (Å²) in [6.45, 7) is 5.14. The minimum Gasteiger partial charge on any atom is -0.393 e. The van der Waals surface area contributed by atoms with Crippen LogP contribution >= 0.6 is 0 Å². The number of aryl methyl sites for hydroxylation is 1. The standard InChI is InChI=1S/C16H20N2O/c1-11-6-12(7-17)2-3-13(11)8-18-9-14-4-5-16(19)15(14)10-18/h2-3,6,14-16,19H,4-5,8-10H2,1H3. The van der Waals surface area contributed by atoms with E-state index in [0.29, 0.717) is 11.8 Å². The fourth-order valence-corrected chi connectivity index (χ4v) is 3.64. The minimum absolute atomic E-state index is 0.0861. The Balaban J connectivity index is 1.69. The molecule has 1 heterocycles. The summed E-state index contributed by atoms with van der Waals surface area (Å²) < 4.78 is 0. The van der Waals surface area contributed by atoms with Crippen LogP contribution in [-0.4, -0.2) is 29.2 Å². The zero-order valence-corrected chi connectivity index (χ0v) is 11.3. The number of likely N-dealkylation sites (tertiary alicyclic amines) is 1. The molecule has 2 aliphatic rings. The summed E-state index contributed by atoms with van der Waals surface area (Å²) in [7, 11) is 0. The fraction of sp³-hybridized carbons (Fsp3) is 0.562. The van der Waals surface area contributed by atoms with Gasteiger partial charge in [-0.25, -0.2) is 0 Å². The summed E-state index contributed by atoms with van der Waals surface area (Å²) >= 11 is 0. The molecule has 0 amide bonds. The summed E-state index contributed by atoms with van der Waals surface area (Å²) in [5.41, 5.74) is 3.22. The quantitative estimate of drug-likeness (QED) is 0.881. The second-order valence-corrected chi connectivity index (χ2v) is 6.02. The molecule has 0 radical (unpaired) electrons. The van der Waals surface area contributed by atoms with Gasteiger partial charge in [-0.15, -0.1) is 0 Å². The van der Waals surface area contributed by atoms with Crippen LogP contribution in [0.3, 0.4) is 0 Å². The van der Waals surface area contributed by atoms with Gasteiger partial charge in [-0.3, -0.25) is 4.90 Å². The highest BCUT2D eigenvalue weighted by Gasteiger charge is 2.41. The molecule has 3 atom stereocenters. The predicted octanol–water partition coefficient (Wildman–Crippen LogP) is 2.07. The number of aliphatic hydroxyl groups excluding tert-OH is 1. The fourth-order valence-electron chi connectivity index (χ4n) is 3.64. The molecule has 1 N–H and O–H groups in total. The average molecular weight is 256 g/mol. The van der Waals surface area contributed by atoms with E-state index in [1.54, 1.807) is 0 Å². The van der Waals surface area contributed by atoms with Crippen LogP contribution in [-0.2, 0) is 6.54 Å². The Morgan fingerprint density at radius 2 is 2.21 bits per heavy atom. The highest BCUT2D eigenvalue weighted by atomic mass is 16.3. The van der Waals surface area contributed by atoms with Crippen LogP contribution in [0.25, 0.3) is 0 Å². The summed E-state index contributed by atoms with van der Waals surface area (Å²) in [4.78, 5) is 2.45. The third-order valence-electron chi connectivity index (χ3n) is 4.76. The van der Waals surface area contributed by atoms with Crippen molar-refractivity contribution in [2.24, 2.45) is 11.8 Å². The summed E-state index contributed by atoms with van der Waals surface area (Å²) in [6.07, 6.45) is 2.07. The van der Waals surface area contributed by atoms with Crippen LogP contribution in [0.2, 0.25) is 0 Å². The Labute approximate surface area is 114 Å². The number of benzene rings is 1. The van der Waals surface area contributed by atoms with Crippen LogP contribution in [0.4, 0.5) is 0 Å². The number of nitriles is 1.